The summed E-state index contributed by atoms with van der Waals surface area (Å²) in [7, 11) is 0. The maximum Gasteiger partial charge on any atom is 0.170 e. The standard InChI is InChI=1S/C21H15N3/c22-16-20(17-10-4-1-5-11-17)23-24-21(18-12-6-2-7-13-18)19-14-8-3-9-15-19/h1-15H. The summed E-state index contributed by atoms with van der Waals surface area (Å²) in [5.74, 6) is 0. The molecule has 0 aliphatic rings. The van der Waals surface area contributed by atoms with Crippen molar-refractivity contribution < 1.29 is 0 Å². The summed E-state index contributed by atoms with van der Waals surface area (Å²) in [6.45, 7) is 0. The van der Waals surface area contributed by atoms with Crippen LogP contribution >= 0.6 is 0 Å². The second-order valence-electron chi connectivity index (χ2n) is 5.11. The maximum absolute atomic E-state index is 9.38. The summed E-state index contributed by atoms with van der Waals surface area (Å²) in [6.07, 6.45) is 0. The van der Waals surface area contributed by atoms with Crippen molar-refractivity contribution in [2.75, 3.05) is 0 Å². The zero-order valence-corrected chi connectivity index (χ0v) is 13.0. The van der Waals surface area contributed by atoms with Gasteiger partial charge in [-0.1, -0.05) is 91.0 Å². The third-order valence-electron chi connectivity index (χ3n) is 3.50. The molecule has 3 aromatic rings. The SMILES string of the molecule is N#CC(=NN=C(c1ccccc1)c1ccccc1)c1ccccc1. The van der Waals surface area contributed by atoms with Crippen molar-refractivity contribution in [2.24, 2.45) is 10.2 Å². The molecule has 0 aliphatic carbocycles. The lowest BCUT2D eigenvalue weighted by atomic mass is 10.0. The van der Waals surface area contributed by atoms with Gasteiger partial charge in [-0.05, 0) is 0 Å². The average Bonchev–Trinajstić information content (AvgIpc) is 2.67. The van der Waals surface area contributed by atoms with Crippen molar-refractivity contribution in [3.63, 3.8) is 0 Å². The molecule has 0 unspecified atom stereocenters. The first-order chi connectivity index (χ1) is 11.9. The van der Waals surface area contributed by atoms with Crippen LogP contribution in [-0.2, 0) is 0 Å². The molecule has 0 saturated heterocycles. The van der Waals surface area contributed by atoms with Crippen molar-refractivity contribution in [2.45, 2.75) is 0 Å². The largest absolute Gasteiger partial charge is 0.191 e. The molecular formula is C21H15N3. The van der Waals surface area contributed by atoms with E-state index in [1.165, 1.54) is 0 Å². The number of hydrogen-bond acceptors (Lipinski definition) is 3. The van der Waals surface area contributed by atoms with Crippen LogP contribution in [0.5, 0.6) is 0 Å². The first kappa shape index (κ1) is 15.4. The molecule has 0 heterocycles. The minimum Gasteiger partial charge on any atom is -0.191 e. The fourth-order valence-corrected chi connectivity index (χ4v) is 2.31. The second kappa shape index (κ2) is 7.66. The van der Waals surface area contributed by atoms with E-state index in [-0.39, 0.29) is 0 Å². The molecule has 0 radical (unpaired) electrons. The topological polar surface area (TPSA) is 48.5 Å². The van der Waals surface area contributed by atoms with Crippen LogP contribution in [-0.4, -0.2) is 11.4 Å². The summed E-state index contributed by atoms with van der Waals surface area (Å²) < 4.78 is 0. The van der Waals surface area contributed by atoms with Gasteiger partial charge in [0.15, 0.2) is 5.71 Å². The summed E-state index contributed by atoms with van der Waals surface area (Å²) in [4.78, 5) is 0. The van der Waals surface area contributed by atoms with Gasteiger partial charge in [0.1, 0.15) is 11.8 Å². The predicted octanol–water partition coefficient (Wildman–Crippen LogP) is 4.45. The Hall–Kier alpha value is -3.51. The van der Waals surface area contributed by atoms with Gasteiger partial charge in [-0.25, -0.2) is 0 Å². The Morgan fingerprint density at radius 1 is 0.583 bits per heavy atom. The van der Waals surface area contributed by atoms with Gasteiger partial charge in [0.2, 0.25) is 0 Å². The molecule has 24 heavy (non-hydrogen) atoms. The lowest BCUT2D eigenvalue weighted by molar-refractivity contribution is 1.23. The number of rotatable bonds is 4. The Bertz CT molecular complexity index is 849. The fourth-order valence-electron chi connectivity index (χ4n) is 2.31. The molecular weight excluding hydrogens is 294 g/mol. The minimum atomic E-state index is 0.292. The summed E-state index contributed by atoms with van der Waals surface area (Å²) in [6, 6.07) is 31.2. The zero-order valence-electron chi connectivity index (χ0n) is 13.0. The summed E-state index contributed by atoms with van der Waals surface area (Å²) in [5, 5.41) is 18.0. The normalized spacial score (nSPS) is 10.7. The molecule has 0 spiro atoms. The molecule has 0 aliphatic heterocycles. The summed E-state index contributed by atoms with van der Waals surface area (Å²) >= 11 is 0. The quantitative estimate of drug-likeness (QED) is 0.519. The minimum absolute atomic E-state index is 0.292. The van der Waals surface area contributed by atoms with Crippen molar-refractivity contribution in [3.8, 4) is 6.07 Å². The molecule has 0 atom stereocenters. The van der Waals surface area contributed by atoms with Gasteiger partial charge in [0.05, 0.1) is 0 Å². The molecule has 3 aromatic carbocycles. The Kier molecular flexibility index (Phi) is 4.91. The second-order valence-corrected chi connectivity index (χ2v) is 5.11. The highest BCUT2D eigenvalue weighted by Gasteiger charge is 2.07. The van der Waals surface area contributed by atoms with Crippen LogP contribution < -0.4 is 0 Å². The van der Waals surface area contributed by atoms with Crippen LogP contribution in [0.2, 0.25) is 0 Å². The van der Waals surface area contributed by atoms with E-state index < -0.39 is 0 Å². The van der Waals surface area contributed by atoms with E-state index >= 15 is 0 Å². The van der Waals surface area contributed by atoms with Crippen molar-refractivity contribution in [1.82, 2.24) is 0 Å². The number of nitriles is 1. The molecule has 114 valence electrons. The maximum atomic E-state index is 9.38. The van der Waals surface area contributed by atoms with Crippen molar-refractivity contribution >= 4 is 11.4 Å². The molecule has 0 fully saturated rings. The van der Waals surface area contributed by atoms with Crippen LogP contribution in [0.1, 0.15) is 16.7 Å². The van der Waals surface area contributed by atoms with Crippen molar-refractivity contribution in [1.29, 1.82) is 5.26 Å². The molecule has 3 nitrogen and oxygen atoms in total. The van der Waals surface area contributed by atoms with E-state index in [1.807, 2.05) is 91.0 Å². The lowest BCUT2D eigenvalue weighted by Gasteiger charge is -2.05. The van der Waals surface area contributed by atoms with Gasteiger partial charge in [-0.2, -0.15) is 5.26 Å². The lowest BCUT2D eigenvalue weighted by Crippen LogP contribution is -2.04. The van der Waals surface area contributed by atoms with E-state index in [0.29, 0.717) is 5.71 Å². The van der Waals surface area contributed by atoms with Crippen LogP contribution in [0.15, 0.2) is 101 Å². The van der Waals surface area contributed by atoms with Gasteiger partial charge in [0.25, 0.3) is 0 Å². The third-order valence-corrected chi connectivity index (χ3v) is 3.50. The van der Waals surface area contributed by atoms with Gasteiger partial charge >= 0.3 is 0 Å². The molecule has 3 rings (SSSR count). The van der Waals surface area contributed by atoms with Crippen LogP contribution in [0.3, 0.4) is 0 Å². The van der Waals surface area contributed by atoms with E-state index in [9.17, 15) is 5.26 Å². The zero-order chi connectivity index (χ0) is 16.6. The van der Waals surface area contributed by atoms with E-state index in [4.69, 9.17) is 0 Å². The van der Waals surface area contributed by atoms with Gasteiger partial charge < -0.3 is 0 Å². The van der Waals surface area contributed by atoms with E-state index in [0.717, 1.165) is 22.4 Å². The van der Waals surface area contributed by atoms with Gasteiger partial charge in [-0.3, -0.25) is 0 Å². The molecule has 3 heteroatoms. The first-order valence-electron chi connectivity index (χ1n) is 7.60. The van der Waals surface area contributed by atoms with Crippen LogP contribution in [0, 0.1) is 11.3 Å². The van der Waals surface area contributed by atoms with E-state index in [2.05, 4.69) is 16.3 Å². The number of benzene rings is 3. The third kappa shape index (κ3) is 3.63. The highest BCUT2D eigenvalue weighted by Crippen LogP contribution is 2.12. The Labute approximate surface area is 141 Å². The van der Waals surface area contributed by atoms with Crippen LogP contribution in [0.25, 0.3) is 0 Å². The number of nitrogens with zero attached hydrogens (tertiary/aromatic N) is 3. The Morgan fingerprint density at radius 3 is 1.42 bits per heavy atom. The smallest absolute Gasteiger partial charge is 0.170 e. The molecule has 0 N–H and O–H groups in total. The van der Waals surface area contributed by atoms with Gasteiger partial charge in [0, 0.05) is 16.7 Å². The molecule has 0 aromatic heterocycles. The Morgan fingerprint density at radius 2 is 1.00 bits per heavy atom. The highest BCUT2D eigenvalue weighted by molar-refractivity contribution is 6.15. The average molecular weight is 309 g/mol. The van der Waals surface area contributed by atoms with Crippen LogP contribution in [0.4, 0.5) is 0 Å². The van der Waals surface area contributed by atoms with E-state index in [1.54, 1.807) is 0 Å². The predicted molar refractivity (Wildman–Crippen MR) is 97.1 cm³/mol. The Balaban J connectivity index is 2.07. The summed E-state index contributed by atoms with van der Waals surface area (Å²) in [5.41, 5.74) is 3.69. The van der Waals surface area contributed by atoms with Gasteiger partial charge in [-0.15, -0.1) is 10.2 Å². The number of hydrogen-bond donors (Lipinski definition) is 0. The fraction of sp³-hybridized carbons (Fsp3) is 0. The molecule has 0 saturated carbocycles. The first-order valence-corrected chi connectivity index (χ1v) is 7.60. The monoisotopic (exact) mass is 309 g/mol. The molecule has 0 amide bonds. The van der Waals surface area contributed by atoms with Crippen molar-refractivity contribution in [3.05, 3.63) is 108 Å². The highest BCUT2D eigenvalue weighted by atomic mass is 15.2. The molecule has 0 bridgehead atoms.